The number of aromatic nitrogens is 1. The second-order valence-electron chi connectivity index (χ2n) is 4.21. The minimum atomic E-state index is 0.226. The normalized spacial score (nSPS) is 11.7. The number of thiazole rings is 1. The van der Waals surface area contributed by atoms with Crippen LogP contribution in [0.25, 0.3) is 0 Å². The van der Waals surface area contributed by atoms with Gasteiger partial charge in [0.05, 0.1) is 0 Å². The first kappa shape index (κ1) is 10.5. The van der Waals surface area contributed by atoms with Gasteiger partial charge in [-0.3, -0.25) is 0 Å². The third-order valence-electron chi connectivity index (χ3n) is 1.77. The summed E-state index contributed by atoms with van der Waals surface area (Å²) in [6.07, 6.45) is 3.12. The molecule has 0 amide bonds. The summed E-state index contributed by atoms with van der Waals surface area (Å²) in [4.78, 5) is 5.67. The molecule has 0 fully saturated rings. The molecular formula is C10H18N2S. The van der Waals surface area contributed by atoms with Gasteiger partial charge in [0, 0.05) is 17.6 Å². The van der Waals surface area contributed by atoms with Gasteiger partial charge in [-0.05, 0) is 11.8 Å². The van der Waals surface area contributed by atoms with Gasteiger partial charge in [-0.1, -0.05) is 27.7 Å². The van der Waals surface area contributed by atoms with Crippen LogP contribution in [0.3, 0.4) is 0 Å². The van der Waals surface area contributed by atoms with Gasteiger partial charge in [0.2, 0.25) is 0 Å². The van der Waals surface area contributed by atoms with Crippen molar-refractivity contribution in [2.75, 3.05) is 11.9 Å². The Morgan fingerprint density at radius 3 is 2.62 bits per heavy atom. The monoisotopic (exact) mass is 198 g/mol. The van der Waals surface area contributed by atoms with Crippen LogP contribution in [0.1, 0.15) is 39.0 Å². The van der Waals surface area contributed by atoms with E-state index >= 15 is 0 Å². The smallest absolute Gasteiger partial charge is 0.182 e. The fraction of sp³-hybridized carbons (Fsp3) is 0.700. The molecule has 0 atom stereocenters. The number of hydrogen-bond acceptors (Lipinski definition) is 3. The molecule has 1 aromatic heterocycles. The molecule has 0 saturated heterocycles. The highest BCUT2D eigenvalue weighted by Gasteiger charge is 2.16. The molecular weight excluding hydrogens is 180 g/mol. The molecule has 1 heterocycles. The molecule has 0 aliphatic carbocycles. The number of anilines is 1. The molecule has 0 spiro atoms. The third-order valence-corrected chi connectivity index (χ3v) is 3.15. The second-order valence-corrected chi connectivity index (χ2v) is 5.24. The van der Waals surface area contributed by atoms with Crippen LogP contribution in [0, 0.1) is 0 Å². The van der Waals surface area contributed by atoms with Gasteiger partial charge in [0.15, 0.2) is 5.13 Å². The fourth-order valence-electron chi connectivity index (χ4n) is 0.935. The summed E-state index contributed by atoms with van der Waals surface area (Å²) in [6.45, 7) is 9.81. The van der Waals surface area contributed by atoms with Crippen molar-refractivity contribution in [3.63, 3.8) is 0 Å². The maximum atomic E-state index is 4.33. The Labute approximate surface area is 84.4 Å². The van der Waals surface area contributed by atoms with Crippen molar-refractivity contribution in [1.29, 1.82) is 0 Å². The maximum Gasteiger partial charge on any atom is 0.182 e. The zero-order chi connectivity index (χ0) is 9.90. The summed E-state index contributed by atoms with van der Waals surface area (Å²) in [5.41, 5.74) is 0.226. The lowest BCUT2D eigenvalue weighted by Gasteiger charge is -2.14. The largest absolute Gasteiger partial charge is 0.362 e. The van der Waals surface area contributed by atoms with Gasteiger partial charge in [-0.2, -0.15) is 0 Å². The van der Waals surface area contributed by atoms with Crippen molar-refractivity contribution in [3.05, 3.63) is 11.1 Å². The van der Waals surface area contributed by atoms with Crippen LogP contribution in [-0.2, 0) is 5.41 Å². The summed E-state index contributed by atoms with van der Waals surface area (Å²) in [5.74, 6) is 0. The van der Waals surface area contributed by atoms with Crippen molar-refractivity contribution in [3.8, 4) is 0 Å². The summed E-state index contributed by atoms with van der Waals surface area (Å²) in [6, 6.07) is 0. The summed E-state index contributed by atoms with van der Waals surface area (Å²) < 4.78 is 0. The van der Waals surface area contributed by atoms with E-state index in [1.165, 1.54) is 4.88 Å². The molecule has 74 valence electrons. The van der Waals surface area contributed by atoms with E-state index in [-0.39, 0.29) is 5.41 Å². The Hall–Kier alpha value is -0.570. The van der Waals surface area contributed by atoms with Crippen molar-refractivity contribution >= 4 is 16.5 Å². The maximum absolute atomic E-state index is 4.33. The van der Waals surface area contributed by atoms with E-state index in [0.29, 0.717) is 0 Å². The van der Waals surface area contributed by atoms with E-state index in [1.54, 1.807) is 11.3 Å². The molecule has 1 aromatic rings. The van der Waals surface area contributed by atoms with Gasteiger partial charge >= 0.3 is 0 Å². The van der Waals surface area contributed by atoms with E-state index < -0.39 is 0 Å². The lowest BCUT2D eigenvalue weighted by molar-refractivity contribution is 0.602. The van der Waals surface area contributed by atoms with Crippen LogP contribution >= 0.6 is 11.3 Å². The summed E-state index contributed by atoms with van der Waals surface area (Å²) in [5, 5.41) is 4.34. The molecule has 0 aliphatic rings. The van der Waals surface area contributed by atoms with Gasteiger partial charge in [0.1, 0.15) is 0 Å². The minimum absolute atomic E-state index is 0.226. The Kier molecular flexibility index (Phi) is 3.31. The summed E-state index contributed by atoms with van der Waals surface area (Å²) >= 11 is 1.76. The first-order chi connectivity index (χ1) is 6.04. The zero-order valence-electron chi connectivity index (χ0n) is 8.85. The highest BCUT2D eigenvalue weighted by molar-refractivity contribution is 7.15. The molecule has 0 aromatic carbocycles. The predicted octanol–water partition coefficient (Wildman–Crippen LogP) is 3.26. The molecule has 0 unspecified atom stereocenters. The SMILES string of the molecule is CCCNc1ncc(C(C)(C)C)s1. The Morgan fingerprint density at radius 1 is 1.46 bits per heavy atom. The number of nitrogens with zero attached hydrogens (tertiary/aromatic N) is 1. The van der Waals surface area contributed by atoms with Crippen molar-refractivity contribution in [2.24, 2.45) is 0 Å². The number of hydrogen-bond donors (Lipinski definition) is 1. The van der Waals surface area contributed by atoms with E-state index in [4.69, 9.17) is 0 Å². The van der Waals surface area contributed by atoms with Crippen LogP contribution in [0.15, 0.2) is 6.20 Å². The van der Waals surface area contributed by atoms with E-state index in [0.717, 1.165) is 18.1 Å². The van der Waals surface area contributed by atoms with Crippen molar-refractivity contribution < 1.29 is 0 Å². The average molecular weight is 198 g/mol. The second kappa shape index (κ2) is 4.09. The van der Waals surface area contributed by atoms with Crippen LogP contribution in [0.2, 0.25) is 0 Å². The quantitative estimate of drug-likeness (QED) is 0.806. The fourth-order valence-corrected chi connectivity index (χ4v) is 1.83. The first-order valence-corrected chi connectivity index (χ1v) is 5.56. The minimum Gasteiger partial charge on any atom is -0.362 e. The zero-order valence-corrected chi connectivity index (χ0v) is 9.66. The topological polar surface area (TPSA) is 24.9 Å². The molecule has 1 N–H and O–H groups in total. The van der Waals surface area contributed by atoms with Crippen LogP contribution in [-0.4, -0.2) is 11.5 Å². The van der Waals surface area contributed by atoms with Crippen molar-refractivity contribution in [1.82, 2.24) is 4.98 Å². The third kappa shape index (κ3) is 2.99. The molecule has 0 aliphatic heterocycles. The molecule has 3 heteroatoms. The highest BCUT2D eigenvalue weighted by atomic mass is 32.1. The highest BCUT2D eigenvalue weighted by Crippen LogP contribution is 2.29. The Bertz CT molecular complexity index is 260. The van der Waals surface area contributed by atoms with Crippen LogP contribution in [0.5, 0.6) is 0 Å². The Morgan fingerprint density at radius 2 is 2.15 bits per heavy atom. The molecule has 0 saturated carbocycles. The van der Waals surface area contributed by atoms with Crippen LogP contribution < -0.4 is 5.32 Å². The average Bonchev–Trinajstić information content (AvgIpc) is 2.47. The van der Waals surface area contributed by atoms with E-state index in [9.17, 15) is 0 Å². The van der Waals surface area contributed by atoms with Gasteiger partial charge in [0.25, 0.3) is 0 Å². The first-order valence-electron chi connectivity index (χ1n) is 4.74. The van der Waals surface area contributed by atoms with Gasteiger partial charge in [-0.15, -0.1) is 11.3 Å². The summed E-state index contributed by atoms with van der Waals surface area (Å²) in [7, 11) is 0. The molecule has 0 radical (unpaired) electrons. The Balaban J connectivity index is 2.64. The van der Waals surface area contributed by atoms with Crippen molar-refractivity contribution in [2.45, 2.75) is 39.5 Å². The number of nitrogens with one attached hydrogen (secondary N) is 1. The molecule has 0 bridgehead atoms. The lowest BCUT2D eigenvalue weighted by atomic mass is 9.96. The number of rotatable bonds is 3. The van der Waals surface area contributed by atoms with Gasteiger partial charge in [-0.25, -0.2) is 4.98 Å². The molecule has 2 nitrogen and oxygen atoms in total. The molecule has 1 rings (SSSR count). The van der Waals surface area contributed by atoms with E-state index in [1.807, 2.05) is 6.20 Å². The lowest BCUT2D eigenvalue weighted by Crippen LogP contribution is -2.07. The van der Waals surface area contributed by atoms with Gasteiger partial charge < -0.3 is 5.32 Å². The standard InChI is InChI=1S/C10H18N2S/c1-5-6-11-9-12-7-8(13-9)10(2,3)4/h7H,5-6H2,1-4H3,(H,11,12). The predicted molar refractivity (Wildman–Crippen MR) is 59.6 cm³/mol. The molecule has 13 heavy (non-hydrogen) atoms. The van der Waals surface area contributed by atoms with Crippen LogP contribution in [0.4, 0.5) is 5.13 Å². The van der Waals surface area contributed by atoms with E-state index in [2.05, 4.69) is 38.0 Å².